The molecule has 1 aromatic rings. The summed E-state index contributed by atoms with van der Waals surface area (Å²) < 4.78 is 0. The van der Waals surface area contributed by atoms with Crippen LogP contribution in [0.3, 0.4) is 0 Å². The van der Waals surface area contributed by atoms with Gasteiger partial charge in [-0.25, -0.2) is 0 Å². The third kappa shape index (κ3) is 3.51. The molecule has 3 rings (SSSR count). The van der Waals surface area contributed by atoms with Crippen molar-refractivity contribution >= 4 is 35.0 Å². The van der Waals surface area contributed by atoms with E-state index in [4.69, 9.17) is 0 Å². The predicted octanol–water partition coefficient (Wildman–Crippen LogP) is 3.28. The maximum atomic E-state index is 4.57. The first-order chi connectivity index (χ1) is 8.72. The van der Waals surface area contributed by atoms with E-state index in [1.165, 1.54) is 29.5 Å². The van der Waals surface area contributed by atoms with Crippen LogP contribution in [-0.4, -0.2) is 22.7 Å². The van der Waals surface area contributed by atoms with Gasteiger partial charge in [-0.15, -0.1) is 12.4 Å². The van der Waals surface area contributed by atoms with Crippen LogP contribution in [0.2, 0.25) is 0 Å². The van der Waals surface area contributed by atoms with Gasteiger partial charge < -0.3 is 0 Å². The number of halogens is 1. The summed E-state index contributed by atoms with van der Waals surface area (Å²) in [6, 6.07) is 7.06. The van der Waals surface area contributed by atoms with Crippen LogP contribution in [0.4, 0.5) is 0 Å². The van der Waals surface area contributed by atoms with Crippen molar-refractivity contribution in [1.29, 1.82) is 0 Å². The number of rotatable bonds is 2. The zero-order valence-corrected chi connectivity index (χ0v) is 12.8. The highest BCUT2D eigenvalue weighted by Gasteiger charge is 2.22. The number of nitrogens with zero attached hydrogens (tertiary/aromatic N) is 2. The van der Waals surface area contributed by atoms with Crippen LogP contribution in [0.15, 0.2) is 28.3 Å². The minimum Gasteiger partial charge on any atom is -0.258 e. The third-order valence-electron chi connectivity index (χ3n) is 3.17. The number of hydrogen-bond acceptors (Lipinski definition) is 3. The second kappa shape index (κ2) is 5.97. The van der Waals surface area contributed by atoms with Crippen LogP contribution in [0.5, 0.6) is 0 Å². The van der Waals surface area contributed by atoms with Gasteiger partial charge in [0, 0.05) is 11.3 Å². The van der Waals surface area contributed by atoms with Crippen molar-refractivity contribution in [3.8, 4) is 0 Å². The van der Waals surface area contributed by atoms with Crippen LogP contribution in [0, 0.1) is 13.8 Å². The topological polar surface area (TPSA) is 36.8 Å². The molecule has 1 aliphatic carbocycles. The summed E-state index contributed by atoms with van der Waals surface area (Å²) in [5, 5.41) is 5.45. The van der Waals surface area contributed by atoms with Gasteiger partial charge in [0.15, 0.2) is 5.17 Å². The number of hydrazone groups is 1. The molecule has 5 heteroatoms. The van der Waals surface area contributed by atoms with Crippen molar-refractivity contribution in [2.45, 2.75) is 32.7 Å². The largest absolute Gasteiger partial charge is 0.258 e. The van der Waals surface area contributed by atoms with E-state index in [1.807, 2.05) is 0 Å². The van der Waals surface area contributed by atoms with Crippen molar-refractivity contribution in [2.24, 2.45) is 10.1 Å². The molecule has 1 N–H and O–H groups in total. The molecule has 0 unspecified atom stereocenters. The predicted molar refractivity (Wildman–Crippen MR) is 85.8 cm³/mol. The fraction of sp³-hybridized carbons (Fsp3) is 0.429. The first-order valence-electron chi connectivity index (χ1n) is 6.33. The normalized spacial score (nSPS) is 20.5. The number of amidine groups is 1. The molecule has 19 heavy (non-hydrogen) atoms. The SMILES string of the molecule is Cc1ccc(C2=NNC(=NC3CC3)SC2)c(C)c1.Cl. The first kappa shape index (κ1) is 14.4. The minimum atomic E-state index is 0. The summed E-state index contributed by atoms with van der Waals surface area (Å²) in [5.74, 6) is 0.905. The van der Waals surface area contributed by atoms with Crippen LogP contribution < -0.4 is 5.43 Å². The lowest BCUT2D eigenvalue weighted by Gasteiger charge is -2.16. The lowest BCUT2D eigenvalue weighted by Crippen LogP contribution is -2.26. The van der Waals surface area contributed by atoms with Gasteiger partial charge in [-0.05, 0) is 32.3 Å². The molecule has 0 spiro atoms. The van der Waals surface area contributed by atoms with Crippen molar-refractivity contribution < 1.29 is 0 Å². The van der Waals surface area contributed by atoms with Gasteiger partial charge >= 0.3 is 0 Å². The monoisotopic (exact) mass is 295 g/mol. The van der Waals surface area contributed by atoms with Crippen molar-refractivity contribution in [1.82, 2.24) is 5.43 Å². The maximum absolute atomic E-state index is 4.57. The van der Waals surface area contributed by atoms with E-state index < -0.39 is 0 Å². The van der Waals surface area contributed by atoms with Gasteiger partial charge in [0.25, 0.3) is 0 Å². The summed E-state index contributed by atoms with van der Waals surface area (Å²) in [4.78, 5) is 4.57. The van der Waals surface area contributed by atoms with E-state index in [9.17, 15) is 0 Å². The molecule has 0 amide bonds. The Bertz CT molecular complexity index is 535. The number of benzene rings is 1. The Labute approximate surface area is 124 Å². The highest BCUT2D eigenvalue weighted by atomic mass is 35.5. The molecule has 0 radical (unpaired) electrons. The van der Waals surface area contributed by atoms with Crippen molar-refractivity contribution in [3.63, 3.8) is 0 Å². The van der Waals surface area contributed by atoms with Gasteiger partial charge in [0.1, 0.15) is 0 Å². The van der Waals surface area contributed by atoms with Gasteiger partial charge in [-0.2, -0.15) is 5.10 Å². The Morgan fingerprint density at radius 1 is 1.32 bits per heavy atom. The molecule has 0 atom stereocenters. The van der Waals surface area contributed by atoms with E-state index in [-0.39, 0.29) is 12.4 Å². The average molecular weight is 296 g/mol. The molecular weight excluding hydrogens is 278 g/mol. The summed E-state index contributed by atoms with van der Waals surface area (Å²) in [7, 11) is 0. The molecule has 1 aromatic carbocycles. The number of nitrogens with one attached hydrogen (secondary N) is 1. The Hall–Kier alpha value is -1.00. The number of aliphatic imine (C=N–C) groups is 1. The van der Waals surface area contributed by atoms with Gasteiger partial charge in [0.05, 0.1) is 11.8 Å². The minimum absolute atomic E-state index is 0. The molecule has 1 heterocycles. The van der Waals surface area contributed by atoms with Crippen molar-refractivity contribution in [2.75, 3.05) is 5.75 Å². The van der Waals surface area contributed by atoms with E-state index in [2.05, 4.69) is 47.6 Å². The van der Waals surface area contributed by atoms with Gasteiger partial charge in [0.2, 0.25) is 0 Å². The Kier molecular flexibility index (Phi) is 4.53. The number of hydrogen-bond donors (Lipinski definition) is 1. The molecule has 0 saturated heterocycles. The molecule has 102 valence electrons. The van der Waals surface area contributed by atoms with E-state index >= 15 is 0 Å². The molecule has 1 saturated carbocycles. The third-order valence-corrected chi connectivity index (χ3v) is 4.06. The molecule has 0 bridgehead atoms. The molecule has 0 aromatic heterocycles. The second-order valence-electron chi connectivity index (χ2n) is 4.94. The molecule has 1 aliphatic heterocycles. The maximum Gasteiger partial charge on any atom is 0.177 e. The fourth-order valence-corrected chi connectivity index (χ4v) is 2.85. The second-order valence-corrected chi connectivity index (χ2v) is 5.91. The van der Waals surface area contributed by atoms with Crippen LogP contribution >= 0.6 is 24.2 Å². The lowest BCUT2D eigenvalue weighted by atomic mass is 10.0. The smallest absolute Gasteiger partial charge is 0.177 e. The zero-order chi connectivity index (χ0) is 12.5. The van der Waals surface area contributed by atoms with E-state index in [0.717, 1.165) is 16.6 Å². The Morgan fingerprint density at radius 3 is 2.68 bits per heavy atom. The zero-order valence-electron chi connectivity index (χ0n) is 11.1. The Morgan fingerprint density at radius 2 is 2.11 bits per heavy atom. The molecule has 2 aliphatic rings. The number of aryl methyl sites for hydroxylation is 2. The summed E-state index contributed by atoms with van der Waals surface area (Å²) in [5.41, 5.74) is 8.03. The Balaban J connectivity index is 0.00000133. The molecular formula is C14H18ClN3S. The van der Waals surface area contributed by atoms with Gasteiger partial charge in [-0.3, -0.25) is 10.4 Å². The molecule has 3 nitrogen and oxygen atoms in total. The summed E-state index contributed by atoms with van der Waals surface area (Å²) in [6.07, 6.45) is 2.47. The highest BCUT2D eigenvalue weighted by Crippen LogP contribution is 2.26. The van der Waals surface area contributed by atoms with E-state index in [0.29, 0.717) is 6.04 Å². The fourth-order valence-electron chi connectivity index (χ4n) is 2.03. The average Bonchev–Trinajstić information content (AvgIpc) is 3.15. The van der Waals surface area contributed by atoms with Gasteiger partial charge in [-0.1, -0.05) is 35.5 Å². The summed E-state index contributed by atoms with van der Waals surface area (Å²) >= 11 is 1.76. The highest BCUT2D eigenvalue weighted by molar-refractivity contribution is 8.14. The van der Waals surface area contributed by atoms with Crippen LogP contribution in [0.25, 0.3) is 0 Å². The first-order valence-corrected chi connectivity index (χ1v) is 7.32. The lowest BCUT2D eigenvalue weighted by molar-refractivity contribution is 0.984. The quantitative estimate of drug-likeness (QED) is 0.909. The van der Waals surface area contributed by atoms with Crippen LogP contribution in [0.1, 0.15) is 29.5 Å². The summed E-state index contributed by atoms with van der Waals surface area (Å²) in [6.45, 7) is 4.26. The molecule has 1 fully saturated rings. The number of thioether (sulfide) groups is 1. The van der Waals surface area contributed by atoms with Crippen molar-refractivity contribution in [3.05, 3.63) is 34.9 Å². The standard InChI is InChI=1S/C14H17N3S.ClH/c1-9-3-6-12(10(2)7-9)13-8-18-14(17-16-13)15-11-4-5-11;/h3,6-7,11H,4-5,8H2,1-2H3,(H,15,17);1H. The van der Waals surface area contributed by atoms with Crippen LogP contribution in [-0.2, 0) is 0 Å². The van der Waals surface area contributed by atoms with E-state index in [1.54, 1.807) is 11.8 Å².